The summed E-state index contributed by atoms with van der Waals surface area (Å²) in [5.74, 6) is 0. The van der Waals surface area contributed by atoms with Gasteiger partial charge in [-0.1, -0.05) is 80.3 Å². The lowest BCUT2D eigenvalue weighted by molar-refractivity contribution is 1.19. The Kier molecular flexibility index (Phi) is 2.64. The van der Waals surface area contributed by atoms with E-state index in [0.29, 0.717) is 5.54 Å². The molecule has 3 aromatic carbocycles. The molecular weight excluding hydrogens is 268 g/mol. The summed E-state index contributed by atoms with van der Waals surface area (Å²) in [5, 5.41) is 5.64. The smallest absolute Gasteiger partial charge is 0.0566 e. The van der Waals surface area contributed by atoms with Gasteiger partial charge in [0.25, 0.3) is 0 Å². The van der Waals surface area contributed by atoms with Crippen molar-refractivity contribution in [2.75, 3.05) is 0 Å². The molecule has 1 aliphatic carbocycles. The molecule has 21 heavy (non-hydrogen) atoms. The van der Waals surface area contributed by atoms with Gasteiger partial charge in [-0.15, -0.1) is 0 Å². The zero-order valence-corrected chi connectivity index (χ0v) is 13.9. The normalized spacial score (nSPS) is 17.6. The average molecular weight is 288 g/mol. The number of rotatable bonds is 1. The molecule has 104 valence electrons. The van der Waals surface area contributed by atoms with Crippen LogP contribution in [-0.4, -0.2) is 8.07 Å². The monoisotopic (exact) mass is 288 g/mol. The van der Waals surface area contributed by atoms with Crippen LogP contribution in [0.2, 0.25) is 19.6 Å². The molecule has 0 nitrogen and oxygen atoms in total. The Bertz CT molecular complexity index is 881. The van der Waals surface area contributed by atoms with Crippen LogP contribution in [0.15, 0.2) is 54.6 Å². The first-order valence-electron chi connectivity index (χ1n) is 7.69. The summed E-state index contributed by atoms with van der Waals surface area (Å²) in [7, 11) is -1.27. The molecule has 3 aromatic rings. The van der Waals surface area contributed by atoms with Gasteiger partial charge in [0, 0.05) is 0 Å². The Labute approximate surface area is 127 Å². The van der Waals surface area contributed by atoms with E-state index in [9.17, 15) is 0 Å². The molecule has 0 bridgehead atoms. The standard InChI is InChI=1S/C20H20Si/c1-21(2,3)19-13-12-18-16-10-5-4-8-14(16)15-9-6-7-11-17(15)20(18)19/h4-13,19H,1-3H3. The molecule has 0 aromatic heterocycles. The number of benzene rings is 3. The molecule has 0 saturated carbocycles. The third-order valence-corrected chi connectivity index (χ3v) is 7.06. The first-order chi connectivity index (χ1) is 10.1. The summed E-state index contributed by atoms with van der Waals surface area (Å²) >= 11 is 0. The van der Waals surface area contributed by atoms with Crippen LogP contribution in [0.1, 0.15) is 16.7 Å². The molecule has 0 spiro atoms. The first kappa shape index (κ1) is 12.8. The van der Waals surface area contributed by atoms with Gasteiger partial charge >= 0.3 is 0 Å². The topological polar surface area (TPSA) is 0 Å². The quantitative estimate of drug-likeness (QED) is 0.381. The summed E-state index contributed by atoms with van der Waals surface area (Å²) in [6.45, 7) is 7.42. The van der Waals surface area contributed by atoms with E-state index in [1.807, 2.05) is 0 Å². The Morgan fingerprint density at radius 2 is 1.24 bits per heavy atom. The molecule has 0 saturated heterocycles. The maximum absolute atomic E-state index is 2.47. The van der Waals surface area contributed by atoms with E-state index in [1.165, 1.54) is 27.1 Å². The van der Waals surface area contributed by atoms with Crippen LogP contribution in [-0.2, 0) is 0 Å². The summed E-state index contributed by atoms with van der Waals surface area (Å²) in [5.41, 5.74) is 3.65. The van der Waals surface area contributed by atoms with Crippen molar-refractivity contribution in [3.8, 4) is 0 Å². The molecule has 0 N–H and O–H groups in total. The maximum atomic E-state index is 2.47. The highest BCUT2D eigenvalue weighted by Gasteiger charge is 2.32. The maximum Gasteiger partial charge on any atom is 0.0566 e. The van der Waals surface area contributed by atoms with Crippen molar-refractivity contribution in [2.45, 2.75) is 25.2 Å². The minimum absolute atomic E-state index is 0.627. The lowest BCUT2D eigenvalue weighted by Gasteiger charge is -2.26. The van der Waals surface area contributed by atoms with Crippen LogP contribution >= 0.6 is 0 Å². The fourth-order valence-corrected chi connectivity index (χ4v) is 5.57. The molecule has 0 fully saturated rings. The fourth-order valence-electron chi connectivity index (χ4n) is 3.72. The van der Waals surface area contributed by atoms with Gasteiger partial charge in [0.2, 0.25) is 0 Å². The van der Waals surface area contributed by atoms with Crippen LogP contribution < -0.4 is 0 Å². The van der Waals surface area contributed by atoms with Crippen LogP contribution in [0.5, 0.6) is 0 Å². The third-order valence-electron chi connectivity index (χ3n) is 4.71. The van der Waals surface area contributed by atoms with E-state index in [4.69, 9.17) is 0 Å². The highest BCUT2D eigenvalue weighted by Crippen LogP contribution is 2.45. The van der Waals surface area contributed by atoms with Gasteiger partial charge in [-0.3, -0.25) is 0 Å². The molecule has 0 amide bonds. The molecule has 0 heterocycles. The van der Waals surface area contributed by atoms with Crippen molar-refractivity contribution >= 4 is 35.7 Å². The Hall–Kier alpha value is -1.86. The second-order valence-electron chi connectivity index (χ2n) is 7.12. The Morgan fingerprint density at radius 3 is 1.86 bits per heavy atom. The summed E-state index contributed by atoms with van der Waals surface area (Å²) in [6, 6.07) is 17.8. The minimum atomic E-state index is -1.27. The fraction of sp³-hybridized carbons (Fsp3) is 0.200. The predicted molar refractivity (Wildman–Crippen MR) is 96.6 cm³/mol. The van der Waals surface area contributed by atoms with Crippen molar-refractivity contribution < 1.29 is 0 Å². The highest BCUT2D eigenvalue weighted by atomic mass is 28.3. The molecule has 0 aliphatic heterocycles. The van der Waals surface area contributed by atoms with Crippen LogP contribution in [0.25, 0.3) is 27.6 Å². The zero-order chi connectivity index (χ0) is 14.6. The van der Waals surface area contributed by atoms with Crippen LogP contribution in [0.3, 0.4) is 0 Å². The third kappa shape index (κ3) is 1.81. The molecule has 1 atom stereocenters. The largest absolute Gasteiger partial charge is 0.0791 e. The lowest BCUT2D eigenvalue weighted by atomic mass is 9.93. The van der Waals surface area contributed by atoms with E-state index in [2.05, 4.69) is 80.3 Å². The number of allylic oxidation sites excluding steroid dienone is 1. The molecule has 1 aliphatic rings. The predicted octanol–water partition coefficient (Wildman–Crippen LogP) is 5.98. The number of hydrogen-bond acceptors (Lipinski definition) is 0. The Balaban J connectivity index is 2.21. The van der Waals surface area contributed by atoms with Crippen molar-refractivity contribution in [1.29, 1.82) is 0 Å². The van der Waals surface area contributed by atoms with Gasteiger partial charge in [0.15, 0.2) is 0 Å². The van der Waals surface area contributed by atoms with Crippen LogP contribution in [0, 0.1) is 0 Å². The van der Waals surface area contributed by atoms with Gasteiger partial charge in [-0.2, -0.15) is 0 Å². The first-order valence-corrected chi connectivity index (χ1v) is 11.3. The zero-order valence-electron chi connectivity index (χ0n) is 12.9. The molecule has 1 unspecified atom stereocenters. The molecular formula is C20H20Si. The number of fused-ring (bicyclic) bond motifs is 6. The minimum Gasteiger partial charge on any atom is -0.0791 e. The summed E-state index contributed by atoms with van der Waals surface area (Å²) in [6.07, 6.45) is 4.82. The van der Waals surface area contributed by atoms with Gasteiger partial charge < -0.3 is 0 Å². The summed E-state index contributed by atoms with van der Waals surface area (Å²) in [4.78, 5) is 0. The lowest BCUT2D eigenvalue weighted by Crippen LogP contribution is -2.28. The van der Waals surface area contributed by atoms with Crippen molar-refractivity contribution in [1.82, 2.24) is 0 Å². The molecule has 4 rings (SSSR count). The van der Waals surface area contributed by atoms with E-state index < -0.39 is 8.07 Å². The molecule has 1 heteroatoms. The second kappa shape index (κ2) is 4.31. The SMILES string of the molecule is C[Si](C)(C)C1C=Cc2c1c1ccccc1c1ccccc21. The second-order valence-corrected chi connectivity index (χ2v) is 12.5. The van der Waals surface area contributed by atoms with Gasteiger partial charge in [-0.25, -0.2) is 0 Å². The van der Waals surface area contributed by atoms with Crippen molar-refractivity contribution in [2.24, 2.45) is 0 Å². The van der Waals surface area contributed by atoms with E-state index in [0.717, 1.165) is 0 Å². The van der Waals surface area contributed by atoms with Crippen molar-refractivity contribution in [3.63, 3.8) is 0 Å². The van der Waals surface area contributed by atoms with E-state index in [1.54, 1.807) is 5.56 Å². The summed E-state index contributed by atoms with van der Waals surface area (Å²) < 4.78 is 0. The van der Waals surface area contributed by atoms with Gasteiger partial charge in [-0.05, 0) is 38.2 Å². The van der Waals surface area contributed by atoms with Gasteiger partial charge in [0.1, 0.15) is 0 Å². The molecule has 0 radical (unpaired) electrons. The van der Waals surface area contributed by atoms with Gasteiger partial charge in [0.05, 0.1) is 8.07 Å². The van der Waals surface area contributed by atoms with Crippen molar-refractivity contribution in [3.05, 3.63) is 65.7 Å². The highest BCUT2D eigenvalue weighted by molar-refractivity contribution is 6.78. The van der Waals surface area contributed by atoms with Crippen LogP contribution in [0.4, 0.5) is 0 Å². The van der Waals surface area contributed by atoms with E-state index >= 15 is 0 Å². The van der Waals surface area contributed by atoms with E-state index in [-0.39, 0.29) is 0 Å². The Morgan fingerprint density at radius 1 is 0.714 bits per heavy atom. The average Bonchev–Trinajstić information content (AvgIpc) is 2.93. The number of hydrogen-bond donors (Lipinski definition) is 0.